The zero-order valence-corrected chi connectivity index (χ0v) is 14.8. The minimum atomic E-state index is 0.400. The number of nitrogens with zero attached hydrogens (tertiary/aromatic N) is 1. The van der Waals surface area contributed by atoms with Crippen molar-refractivity contribution in [1.29, 1.82) is 0 Å². The van der Waals surface area contributed by atoms with Crippen molar-refractivity contribution >= 4 is 27.3 Å². The molecule has 1 N–H and O–H groups in total. The average molecular weight is 361 g/mol. The molecule has 1 aliphatic heterocycles. The molecule has 0 amide bonds. The lowest BCUT2D eigenvalue weighted by molar-refractivity contribution is 0.0270. The molecule has 3 nitrogen and oxygen atoms in total. The predicted octanol–water partition coefficient (Wildman–Crippen LogP) is 3.49. The lowest BCUT2D eigenvalue weighted by Crippen LogP contribution is -2.31. The molecule has 0 bridgehead atoms. The maximum Gasteiger partial charge on any atom is 0.0707 e. The van der Waals surface area contributed by atoms with E-state index in [-0.39, 0.29) is 0 Å². The van der Waals surface area contributed by atoms with Crippen molar-refractivity contribution in [2.75, 3.05) is 26.7 Å². The monoisotopic (exact) mass is 360 g/mol. The van der Waals surface area contributed by atoms with Gasteiger partial charge < -0.3 is 10.1 Å². The van der Waals surface area contributed by atoms with E-state index < -0.39 is 0 Å². The smallest absolute Gasteiger partial charge is 0.0707 e. The van der Waals surface area contributed by atoms with Gasteiger partial charge in [0.05, 0.1) is 12.2 Å². The van der Waals surface area contributed by atoms with Crippen LogP contribution in [0, 0.1) is 0 Å². The SMILES string of the molecule is CCCNCC1CCC(CN(C)Cc2cc(Br)cs2)O1. The van der Waals surface area contributed by atoms with Crippen LogP contribution in [-0.4, -0.2) is 43.8 Å². The molecular formula is C15H25BrN2OS. The highest BCUT2D eigenvalue weighted by molar-refractivity contribution is 9.10. The average Bonchev–Trinajstić information content (AvgIpc) is 2.99. The van der Waals surface area contributed by atoms with Crippen LogP contribution in [0.5, 0.6) is 0 Å². The van der Waals surface area contributed by atoms with Crippen molar-refractivity contribution in [2.45, 2.75) is 44.9 Å². The van der Waals surface area contributed by atoms with E-state index in [1.165, 1.54) is 28.6 Å². The Labute approximate surface area is 134 Å². The van der Waals surface area contributed by atoms with Gasteiger partial charge in [-0.05, 0) is 54.9 Å². The number of hydrogen-bond acceptors (Lipinski definition) is 4. The van der Waals surface area contributed by atoms with Crippen LogP contribution in [0.25, 0.3) is 0 Å². The molecule has 1 aromatic heterocycles. The summed E-state index contributed by atoms with van der Waals surface area (Å²) in [6, 6.07) is 2.20. The minimum absolute atomic E-state index is 0.400. The van der Waals surface area contributed by atoms with E-state index >= 15 is 0 Å². The van der Waals surface area contributed by atoms with Gasteiger partial charge in [-0.3, -0.25) is 4.90 Å². The van der Waals surface area contributed by atoms with Gasteiger partial charge >= 0.3 is 0 Å². The van der Waals surface area contributed by atoms with E-state index in [0.717, 1.165) is 26.2 Å². The zero-order valence-electron chi connectivity index (χ0n) is 12.4. The van der Waals surface area contributed by atoms with E-state index in [0.29, 0.717) is 12.2 Å². The fourth-order valence-corrected chi connectivity index (χ4v) is 4.15. The third kappa shape index (κ3) is 5.45. The molecule has 0 saturated carbocycles. The Morgan fingerprint density at radius 2 is 2.25 bits per heavy atom. The Morgan fingerprint density at radius 1 is 1.45 bits per heavy atom. The summed E-state index contributed by atoms with van der Waals surface area (Å²) in [6.45, 7) is 6.33. The minimum Gasteiger partial charge on any atom is -0.372 e. The normalized spacial score (nSPS) is 22.8. The fourth-order valence-electron chi connectivity index (χ4n) is 2.62. The van der Waals surface area contributed by atoms with Crippen molar-refractivity contribution in [3.63, 3.8) is 0 Å². The number of hydrogen-bond donors (Lipinski definition) is 1. The fraction of sp³-hybridized carbons (Fsp3) is 0.733. The topological polar surface area (TPSA) is 24.5 Å². The van der Waals surface area contributed by atoms with Gasteiger partial charge in [-0.15, -0.1) is 11.3 Å². The second-order valence-corrected chi connectivity index (χ2v) is 7.50. The molecule has 0 spiro atoms. The van der Waals surface area contributed by atoms with Crippen LogP contribution in [-0.2, 0) is 11.3 Å². The number of nitrogens with one attached hydrogen (secondary N) is 1. The molecule has 1 fully saturated rings. The summed E-state index contributed by atoms with van der Waals surface area (Å²) in [5.41, 5.74) is 0. The Balaban J connectivity index is 1.66. The zero-order chi connectivity index (χ0) is 14.4. The first kappa shape index (κ1) is 16.4. The van der Waals surface area contributed by atoms with Crippen LogP contribution < -0.4 is 5.32 Å². The summed E-state index contributed by atoms with van der Waals surface area (Å²) in [5, 5.41) is 5.59. The van der Waals surface area contributed by atoms with Crippen molar-refractivity contribution in [2.24, 2.45) is 0 Å². The lowest BCUT2D eigenvalue weighted by Gasteiger charge is -2.21. The van der Waals surface area contributed by atoms with Crippen LogP contribution >= 0.6 is 27.3 Å². The van der Waals surface area contributed by atoms with Crippen LogP contribution in [0.1, 0.15) is 31.1 Å². The first-order chi connectivity index (χ1) is 9.67. The summed E-state index contributed by atoms with van der Waals surface area (Å²) in [6.07, 6.45) is 4.39. The van der Waals surface area contributed by atoms with Gasteiger partial charge in [0.2, 0.25) is 0 Å². The molecule has 0 radical (unpaired) electrons. The Morgan fingerprint density at radius 3 is 2.95 bits per heavy atom. The predicted molar refractivity (Wildman–Crippen MR) is 89.4 cm³/mol. The van der Waals surface area contributed by atoms with Crippen molar-refractivity contribution in [1.82, 2.24) is 10.2 Å². The number of likely N-dealkylation sites (N-methyl/N-ethyl adjacent to an activating group) is 1. The van der Waals surface area contributed by atoms with Gasteiger partial charge in [-0.1, -0.05) is 6.92 Å². The standard InChI is InChI=1S/C15H25BrN2OS/c1-3-6-17-8-13-4-5-14(19-13)9-18(2)10-15-7-12(16)11-20-15/h7,11,13-14,17H,3-6,8-10H2,1-2H3. The highest BCUT2D eigenvalue weighted by Gasteiger charge is 2.25. The second kappa shape index (κ2) is 8.49. The molecule has 0 aliphatic carbocycles. The van der Waals surface area contributed by atoms with E-state index in [2.05, 4.69) is 51.6 Å². The maximum atomic E-state index is 6.11. The number of ether oxygens (including phenoxy) is 1. The van der Waals surface area contributed by atoms with Crippen LogP contribution in [0.4, 0.5) is 0 Å². The van der Waals surface area contributed by atoms with Gasteiger partial charge in [0.15, 0.2) is 0 Å². The molecule has 1 aliphatic rings. The molecule has 5 heteroatoms. The molecule has 0 aromatic carbocycles. The van der Waals surface area contributed by atoms with E-state index in [1.807, 2.05) is 11.3 Å². The first-order valence-corrected chi connectivity index (χ1v) is 9.12. The van der Waals surface area contributed by atoms with E-state index in [1.54, 1.807) is 0 Å². The molecule has 20 heavy (non-hydrogen) atoms. The summed E-state index contributed by atoms with van der Waals surface area (Å²) in [7, 11) is 2.18. The van der Waals surface area contributed by atoms with Crippen molar-refractivity contribution in [3.05, 3.63) is 20.8 Å². The summed E-state index contributed by atoms with van der Waals surface area (Å²) in [5.74, 6) is 0. The summed E-state index contributed by atoms with van der Waals surface area (Å²) < 4.78 is 7.30. The van der Waals surface area contributed by atoms with E-state index in [4.69, 9.17) is 4.74 Å². The molecule has 2 unspecified atom stereocenters. The molecule has 2 rings (SSSR count). The third-order valence-electron chi connectivity index (χ3n) is 3.56. The Hall–Kier alpha value is 0.0600. The van der Waals surface area contributed by atoms with Crippen LogP contribution in [0.2, 0.25) is 0 Å². The largest absolute Gasteiger partial charge is 0.372 e. The highest BCUT2D eigenvalue weighted by Crippen LogP contribution is 2.23. The molecule has 114 valence electrons. The maximum absolute atomic E-state index is 6.11. The van der Waals surface area contributed by atoms with Crippen molar-refractivity contribution in [3.8, 4) is 0 Å². The molecule has 2 heterocycles. The van der Waals surface area contributed by atoms with Gasteiger partial charge in [0, 0.05) is 34.4 Å². The first-order valence-electron chi connectivity index (χ1n) is 7.45. The van der Waals surface area contributed by atoms with Crippen molar-refractivity contribution < 1.29 is 4.74 Å². The van der Waals surface area contributed by atoms with Crippen LogP contribution in [0.15, 0.2) is 15.9 Å². The Kier molecular flexibility index (Phi) is 6.97. The third-order valence-corrected chi connectivity index (χ3v) is 5.24. The Bertz CT molecular complexity index is 399. The quantitative estimate of drug-likeness (QED) is 0.718. The number of thiophene rings is 1. The number of halogens is 1. The summed E-state index contributed by atoms with van der Waals surface area (Å²) >= 11 is 5.32. The molecule has 2 atom stereocenters. The van der Waals surface area contributed by atoms with Crippen LogP contribution in [0.3, 0.4) is 0 Å². The molecule has 1 aromatic rings. The molecular weight excluding hydrogens is 336 g/mol. The van der Waals surface area contributed by atoms with E-state index in [9.17, 15) is 0 Å². The summed E-state index contributed by atoms with van der Waals surface area (Å²) in [4.78, 5) is 3.77. The number of rotatable bonds is 8. The van der Waals surface area contributed by atoms with Gasteiger partial charge in [0.1, 0.15) is 0 Å². The van der Waals surface area contributed by atoms with Gasteiger partial charge in [-0.25, -0.2) is 0 Å². The second-order valence-electron chi connectivity index (χ2n) is 5.59. The van der Waals surface area contributed by atoms with Gasteiger partial charge in [0.25, 0.3) is 0 Å². The lowest BCUT2D eigenvalue weighted by atomic mass is 10.2. The highest BCUT2D eigenvalue weighted by atomic mass is 79.9. The molecule has 1 saturated heterocycles. The van der Waals surface area contributed by atoms with Gasteiger partial charge in [-0.2, -0.15) is 0 Å².